The zero-order chi connectivity index (χ0) is 20.2. The van der Waals surface area contributed by atoms with E-state index in [0.717, 1.165) is 22.2 Å². The highest BCUT2D eigenvalue weighted by Crippen LogP contribution is 2.22. The van der Waals surface area contributed by atoms with E-state index < -0.39 is 11.6 Å². The maximum absolute atomic E-state index is 12.0. The summed E-state index contributed by atoms with van der Waals surface area (Å²) in [5, 5.41) is 4.98. The number of hydrogen-bond donors (Lipinski definition) is 0. The molecule has 2 aromatic carbocycles. The van der Waals surface area contributed by atoms with Crippen LogP contribution in [-0.4, -0.2) is 22.4 Å². The summed E-state index contributed by atoms with van der Waals surface area (Å²) in [5.74, 6) is -0.0706. The molecule has 4 rings (SSSR count). The molecule has 2 heterocycles. The van der Waals surface area contributed by atoms with Crippen molar-refractivity contribution in [2.75, 3.05) is 6.61 Å². The zero-order valence-corrected chi connectivity index (χ0v) is 15.7. The standard InChI is InChI=1S/C22H18N2O5/c1-15-11-21(25)29-20-12-18(7-8-19(15)20)27-14-22(26)28-13-16-3-5-17(6-4-16)24-10-2-9-23-24/h2-12H,13-14H2,1H3. The Hall–Kier alpha value is -3.87. The lowest BCUT2D eigenvalue weighted by Crippen LogP contribution is -2.14. The fraction of sp³-hybridized carbons (Fsp3) is 0.136. The molecule has 0 aliphatic rings. The maximum atomic E-state index is 12.0. The Kier molecular flexibility index (Phi) is 5.11. The van der Waals surface area contributed by atoms with Crippen molar-refractivity contribution in [3.8, 4) is 11.4 Å². The summed E-state index contributed by atoms with van der Waals surface area (Å²) in [6, 6.07) is 15.9. The normalized spacial score (nSPS) is 10.8. The van der Waals surface area contributed by atoms with E-state index in [1.54, 1.807) is 29.1 Å². The van der Waals surface area contributed by atoms with Crippen LogP contribution in [0.3, 0.4) is 0 Å². The number of ether oxygens (including phenoxy) is 2. The smallest absolute Gasteiger partial charge is 0.344 e. The number of carbonyl (C=O) groups excluding carboxylic acids is 1. The second-order valence-electron chi connectivity index (χ2n) is 6.47. The summed E-state index contributed by atoms with van der Waals surface area (Å²) in [5.41, 5.74) is 2.59. The molecule has 0 fully saturated rings. The Balaban J connectivity index is 1.32. The predicted molar refractivity (Wildman–Crippen MR) is 106 cm³/mol. The molecule has 4 aromatic rings. The van der Waals surface area contributed by atoms with Crippen LogP contribution in [-0.2, 0) is 16.1 Å². The van der Waals surface area contributed by atoms with Crippen LogP contribution in [0.1, 0.15) is 11.1 Å². The molecule has 0 unspecified atom stereocenters. The van der Waals surface area contributed by atoms with Crippen molar-refractivity contribution in [1.29, 1.82) is 0 Å². The third-order valence-electron chi connectivity index (χ3n) is 4.38. The van der Waals surface area contributed by atoms with Crippen molar-refractivity contribution >= 4 is 16.9 Å². The van der Waals surface area contributed by atoms with E-state index in [2.05, 4.69) is 5.10 Å². The highest BCUT2D eigenvalue weighted by atomic mass is 16.6. The lowest BCUT2D eigenvalue weighted by Gasteiger charge is -2.09. The molecule has 29 heavy (non-hydrogen) atoms. The van der Waals surface area contributed by atoms with Gasteiger partial charge in [0.25, 0.3) is 0 Å². The Morgan fingerprint density at radius 2 is 1.97 bits per heavy atom. The van der Waals surface area contributed by atoms with Gasteiger partial charge in [-0.05, 0) is 48.4 Å². The third-order valence-corrected chi connectivity index (χ3v) is 4.38. The number of aryl methyl sites for hydroxylation is 1. The monoisotopic (exact) mass is 390 g/mol. The molecule has 0 N–H and O–H groups in total. The number of fused-ring (bicyclic) bond motifs is 1. The van der Waals surface area contributed by atoms with Crippen LogP contribution in [0, 0.1) is 6.92 Å². The summed E-state index contributed by atoms with van der Waals surface area (Å²) in [4.78, 5) is 23.5. The van der Waals surface area contributed by atoms with Gasteiger partial charge in [0.15, 0.2) is 6.61 Å². The summed E-state index contributed by atoms with van der Waals surface area (Å²) >= 11 is 0. The molecule has 0 atom stereocenters. The highest BCUT2D eigenvalue weighted by molar-refractivity contribution is 5.81. The van der Waals surface area contributed by atoms with Crippen molar-refractivity contribution in [1.82, 2.24) is 9.78 Å². The average molecular weight is 390 g/mol. The van der Waals surface area contributed by atoms with Gasteiger partial charge in [0.1, 0.15) is 17.9 Å². The Labute approximate surface area is 166 Å². The molecule has 0 bridgehead atoms. The van der Waals surface area contributed by atoms with Crippen LogP contribution in [0.5, 0.6) is 5.75 Å². The first kappa shape index (κ1) is 18.5. The first-order chi connectivity index (χ1) is 14.1. The van der Waals surface area contributed by atoms with Crippen LogP contribution in [0.15, 0.2) is 76.2 Å². The Morgan fingerprint density at radius 1 is 1.14 bits per heavy atom. The number of rotatable bonds is 6. The quantitative estimate of drug-likeness (QED) is 0.371. The number of aromatic nitrogens is 2. The molecule has 0 amide bonds. The predicted octanol–water partition coefficient (Wildman–Crippen LogP) is 3.41. The molecule has 0 radical (unpaired) electrons. The summed E-state index contributed by atoms with van der Waals surface area (Å²) in [7, 11) is 0. The van der Waals surface area contributed by atoms with Crippen molar-refractivity contribution in [3.05, 3.63) is 88.5 Å². The highest BCUT2D eigenvalue weighted by Gasteiger charge is 2.08. The van der Waals surface area contributed by atoms with Gasteiger partial charge in [-0.2, -0.15) is 5.10 Å². The summed E-state index contributed by atoms with van der Waals surface area (Å²) < 4.78 is 17.6. The Bertz CT molecular complexity index is 1190. The van der Waals surface area contributed by atoms with Gasteiger partial charge < -0.3 is 13.9 Å². The van der Waals surface area contributed by atoms with Gasteiger partial charge in [-0.3, -0.25) is 0 Å². The van der Waals surface area contributed by atoms with Crippen LogP contribution < -0.4 is 10.4 Å². The largest absolute Gasteiger partial charge is 0.482 e. The van der Waals surface area contributed by atoms with Gasteiger partial charge >= 0.3 is 11.6 Å². The van der Waals surface area contributed by atoms with Crippen molar-refractivity contribution < 1.29 is 18.7 Å². The minimum atomic E-state index is -0.494. The topological polar surface area (TPSA) is 83.6 Å². The SMILES string of the molecule is Cc1cc(=O)oc2cc(OCC(=O)OCc3ccc(-n4cccn4)cc3)ccc12. The molecule has 0 saturated heterocycles. The second-order valence-corrected chi connectivity index (χ2v) is 6.47. The van der Waals surface area contributed by atoms with E-state index in [9.17, 15) is 9.59 Å². The molecular formula is C22H18N2O5. The average Bonchev–Trinajstić information content (AvgIpc) is 3.25. The number of benzene rings is 2. The summed E-state index contributed by atoms with van der Waals surface area (Å²) in [6.07, 6.45) is 3.56. The van der Waals surface area contributed by atoms with Crippen LogP contribution in [0.2, 0.25) is 0 Å². The van der Waals surface area contributed by atoms with Crippen molar-refractivity contribution in [3.63, 3.8) is 0 Å². The lowest BCUT2D eigenvalue weighted by atomic mass is 10.1. The molecule has 146 valence electrons. The fourth-order valence-electron chi connectivity index (χ4n) is 2.91. The Morgan fingerprint density at radius 3 is 2.72 bits per heavy atom. The molecule has 0 spiro atoms. The molecule has 0 aliphatic carbocycles. The van der Waals surface area contributed by atoms with E-state index in [1.807, 2.05) is 43.5 Å². The molecule has 0 aliphatic heterocycles. The van der Waals surface area contributed by atoms with E-state index in [-0.39, 0.29) is 13.2 Å². The number of hydrogen-bond acceptors (Lipinski definition) is 6. The van der Waals surface area contributed by atoms with Gasteiger partial charge in [-0.25, -0.2) is 14.3 Å². The first-order valence-electron chi connectivity index (χ1n) is 9.00. The minimum Gasteiger partial charge on any atom is -0.482 e. The number of nitrogens with zero attached hydrogens (tertiary/aromatic N) is 2. The van der Waals surface area contributed by atoms with E-state index >= 15 is 0 Å². The van der Waals surface area contributed by atoms with Crippen molar-refractivity contribution in [2.24, 2.45) is 0 Å². The van der Waals surface area contributed by atoms with Crippen molar-refractivity contribution in [2.45, 2.75) is 13.5 Å². The van der Waals surface area contributed by atoms with Gasteiger partial charge in [0.05, 0.1) is 5.69 Å². The molecule has 7 heteroatoms. The first-order valence-corrected chi connectivity index (χ1v) is 9.00. The van der Waals surface area contributed by atoms with Gasteiger partial charge in [0.2, 0.25) is 0 Å². The van der Waals surface area contributed by atoms with Crippen LogP contribution in [0.4, 0.5) is 0 Å². The second kappa shape index (κ2) is 8.02. The van der Waals surface area contributed by atoms with E-state index in [0.29, 0.717) is 11.3 Å². The zero-order valence-electron chi connectivity index (χ0n) is 15.7. The summed E-state index contributed by atoms with van der Waals surface area (Å²) in [6.45, 7) is 1.74. The molecular weight excluding hydrogens is 372 g/mol. The number of carbonyl (C=O) groups is 1. The molecule has 2 aromatic heterocycles. The molecule has 0 saturated carbocycles. The minimum absolute atomic E-state index is 0.146. The van der Waals surface area contributed by atoms with Crippen LogP contribution in [0.25, 0.3) is 16.7 Å². The van der Waals surface area contributed by atoms with Gasteiger partial charge in [-0.1, -0.05) is 12.1 Å². The van der Waals surface area contributed by atoms with Crippen LogP contribution >= 0.6 is 0 Å². The van der Waals surface area contributed by atoms with Gasteiger partial charge in [0, 0.05) is 29.9 Å². The fourth-order valence-corrected chi connectivity index (χ4v) is 2.91. The molecule has 7 nitrogen and oxygen atoms in total. The van der Waals surface area contributed by atoms with Gasteiger partial charge in [-0.15, -0.1) is 0 Å². The lowest BCUT2D eigenvalue weighted by molar-refractivity contribution is -0.147. The van der Waals surface area contributed by atoms with E-state index in [1.165, 1.54) is 6.07 Å². The van der Waals surface area contributed by atoms with E-state index in [4.69, 9.17) is 13.9 Å². The number of esters is 1. The maximum Gasteiger partial charge on any atom is 0.344 e. The third kappa shape index (κ3) is 4.35.